The summed E-state index contributed by atoms with van der Waals surface area (Å²) in [6.07, 6.45) is 2.17. The van der Waals surface area contributed by atoms with Gasteiger partial charge in [-0.1, -0.05) is 24.3 Å². The topological polar surface area (TPSA) is 95.5 Å². The van der Waals surface area contributed by atoms with Crippen LogP contribution in [0.1, 0.15) is 17.3 Å². The number of fused-ring (bicyclic) bond motifs is 2. The summed E-state index contributed by atoms with van der Waals surface area (Å²) in [4.78, 5) is 35.0. The molecule has 2 bridgehead atoms. The number of ketones is 1. The molecule has 0 aromatic heterocycles. The lowest BCUT2D eigenvalue weighted by atomic mass is 9.82. The van der Waals surface area contributed by atoms with Crippen LogP contribution in [-0.4, -0.2) is 29.9 Å². The molecule has 2 aliphatic heterocycles. The molecule has 1 N–H and O–H groups in total. The van der Waals surface area contributed by atoms with E-state index in [4.69, 9.17) is 4.74 Å². The third-order valence-corrected chi connectivity index (χ3v) is 4.01. The maximum atomic E-state index is 12.4. The van der Waals surface area contributed by atoms with E-state index in [2.05, 4.69) is 5.32 Å². The number of aliphatic carboxylic acids is 1. The van der Waals surface area contributed by atoms with Crippen LogP contribution in [0, 0.1) is 11.8 Å². The number of hydrogen-bond donors (Lipinski definition) is 1. The molecule has 0 saturated carbocycles. The average molecular weight is 300 g/mol. The molecule has 6 nitrogen and oxygen atoms in total. The Morgan fingerprint density at radius 1 is 1.14 bits per heavy atom. The highest BCUT2D eigenvalue weighted by Crippen LogP contribution is 2.39. The van der Waals surface area contributed by atoms with Gasteiger partial charge in [0.05, 0.1) is 18.1 Å². The third kappa shape index (κ3) is 2.42. The second-order valence-corrected chi connectivity index (χ2v) is 5.45. The minimum atomic E-state index is -1.30. The molecule has 22 heavy (non-hydrogen) atoms. The standard InChI is InChI=1S/C16H15NO5/c1-8(18)9-3-2-4-10(7-9)17-15(19)13-11-5-6-12(22-11)14(13)16(20)21/h2-7,11-14H,1H3,(H,17,19)(H,20,21)/p-1/t11-,12+,13-,14-/m0/s1. The molecule has 3 rings (SSSR count). The first-order valence-electron chi connectivity index (χ1n) is 6.94. The van der Waals surface area contributed by atoms with E-state index >= 15 is 0 Å². The molecule has 1 saturated heterocycles. The monoisotopic (exact) mass is 300 g/mol. The zero-order valence-corrected chi connectivity index (χ0v) is 11.8. The Bertz CT molecular complexity index is 681. The van der Waals surface area contributed by atoms with E-state index in [1.807, 2.05) is 0 Å². The number of anilines is 1. The van der Waals surface area contributed by atoms with Crippen LogP contribution in [0.4, 0.5) is 5.69 Å². The maximum Gasteiger partial charge on any atom is 0.231 e. The number of carbonyl (C=O) groups is 3. The lowest BCUT2D eigenvalue weighted by molar-refractivity contribution is -0.313. The molecule has 2 heterocycles. The number of ether oxygens (including phenoxy) is 1. The Balaban J connectivity index is 1.80. The fraction of sp³-hybridized carbons (Fsp3) is 0.312. The summed E-state index contributed by atoms with van der Waals surface area (Å²) in [6, 6.07) is 6.49. The number of Topliss-reactive ketones (excluding diaryl/α,β-unsaturated/α-hetero) is 1. The van der Waals surface area contributed by atoms with Crippen molar-refractivity contribution in [3.05, 3.63) is 42.0 Å². The number of carbonyl (C=O) groups excluding carboxylic acids is 3. The van der Waals surface area contributed by atoms with Crippen molar-refractivity contribution in [3.63, 3.8) is 0 Å². The van der Waals surface area contributed by atoms with E-state index in [0.717, 1.165) is 0 Å². The Morgan fingerprint density at radius 3 is 2.45 bits per heavy atom. The SMILES string of the molecule is CC(=O)c1cccc(NC(=O)[C@@H]2[C@@H](C(=O)[O-])[C@H]3C=C[C@@H]2O3)c1. The van der Waals surface area contributed by atoms with Crippen LogP contribution < -0.4 is 10.4 Å². The molecule has 0 aliphatic carbocycles. The Hall–Kier alpha value is -2.47. The first kappa shape index (κ1) is 14.5. The highest BCUT2D eigenvalue weighted by Gasteiger charge is 2.50. The van der Waals surface area contributed by atoms with Gasteiger partial charge in [-0.15, -0.1) is 0 Å². The number of carboxylic acid groups (broad SMARTS) is 1. The first-order chi connectivity index (χ1) is 10.5. The van der Waals surface area contributed by atoms with Gasteiger partial charge in [0.2, 0.25) is 5.91 Å². The fourth-order valence-corrected chi connectivity index (χ4v) is 2.94. The smallest absolute Gasteiger partial charge is 0.231 e. The van der Waals surface area contributed by atoms with Gasteiger partial charge in [-0.05, 0) is 19.1 Å². The maximum absolute atomic E-state index is 12.4. The van der Waals surface area contributed by atoms with Crippen molar-refractivity contribution in [2.45, 2.75) is 19.1 Å². The summed E-state index contributed by atoms with van der Waals surface area (Å²) in [5.41, 5.74) is 0.917. The normalized spacial score (nSPS) is 28.6. The van der Waals surface area contributed by atoms with Crippen LogP contribution in [0.2, 0.25) is 0 Å². The van der Waals surface area contributed by atoms with E-state index in [1.165, 1.54) is 6.92 Å². The van der Waals surface area contributed by atoms with Crippen LogP contribution in [0.15, 0.2) is 36.4 Å². The van der Waals surface area contributed by atoms with Gasteiger partial charge in [-0.25, -0.2) is 0 Å². The minimum absolute atomic E-state index is 0.116. The molecule has 0 spiro atoms. The summed E-state index contributed by atoms with van der Waals surface area (Å²) in [7, 11) is 0. The summed E-state index contributed by atoms with van der Waals surface area (Å²) >= 11 is 0. The molecule has 2 aliphatic rings. The van der Waals surface area contributed by atoms with E-state index in [0.29, 0.717) is 11.3 Å². The van der Waals surface area contributed by atoms with Gasteiger partial charge in [0.1, 0.15) is 0 Å². The van der Waals surface area contributed by atoms with Crippen LogP contribution in [0.25, 0.3) is 0 Å². The predicted octanol–water partition coefficient (Wildman–Crippen LogP) is 0.147. The van der Waals surface area contributed by atoms with Crippen molar-refractivity contribution in [2.24, 2.45) is 11.8 Å². The van der Waals surface area contributed by atoms with Crippen molar-refractivity contribution in [2.75, 3.05) is 5.32 Å². The molecule has 1 aromatic carbocycles. The largest absolute Gasteiger partial charge is 0.550 e. The van der Waals surface area contributed by atoms with Gasteiger partial charge in [0.25, 0.3) is 0 Å². The van der Waals surface area contributed by atoms with E-state index in [9.17, 15) is 19.5 Å². The number of benzene rings is 1. The highest BCUT2D eigenvalue weighted by molar-refractivity contribution is 5.99. The molecule has 0 unspecified atom stereocenters. The number of amides is 1. The van der Waals surface area contributed by atoms with Crippen molar-refractivity contribution in [1.29, 1.82) is 0 Å². The van der Waals surface area contributed by atoms with Crippen molar-refractivity contribution < 1.29 is 24.2 Å². The van der Waals surface area contributed by atoms with E-state index in [-0.39, 0.29) is 5.78 Å². The van der Waals surface area contributed by atoms with Gasteiger partial charge in [0.15, 0.2) is 5.78 Å². The minimum Gasteiger partial charge on any atom is -0.550 e. The Morgan fingerprint density at radius 2 is 1.82 bits per heavy atom. The zero-order chi connectivity index (χ0) is 15.9. The second-order valence-electron chi connectivity index (χ2n) is 5.45. The summed E-state index contributed by atoms with van der Waals surface area (Å²) in [5, 5.41) is 13.9. The molecule has 1 amide bonds. The zero-order valence-electron chi connectivity index (χ0n) is 11.8. The second kappa shape index (κ2) is 5.38. The molecule has 1 fully saturated rings. The molecule has 4 atom stereocenters. The van der Waals surface area contributed by atoms with Gasteiger partial charge in [-0.2, -0.15) is 0 Å². The molecule has 6 heteroatoms. The van der Waals surface area contributed by atoms with Crippen LogP contribution in [-0.2, 0) is 14.3 Å². The van der Waals surface area contributed by atoms with Crippen LogP contribution in [0.3, 0.4) is 0 Å². The first-order valence-corrected chi connectivity index (χ1v) is 6.94. The lowest BCUT2D eigenvalue weighted by Gasteiger charge is -2.25. The molecule has 114 valence electrons. The van der Waals surface area contributed by atoms with Crippen molar-refractivity contribution in [3.8, 4) is 0 Å². The summed E-state index contributed by atoms with van der Waals surface area (Å²) in [5.74, 6) is -3.69. The van der Waals surface area contributed by atoms with Crippen molar-refractivity contribution >= 4 is 23.3 Å². The van der Waals surface area contributed by atoms with Crippen LogP contribution in [0.5, 0.6) is 0 Å². The fourth-order valence-electron chi connectivity index (χ4n) is 2.94. The number of nitrogens with one attached hydrogen (secondary N) is 1. The highest BCUT2D eigenvalue weighted by atomic mass is 16.5. The molecule has 0 radical (unpaired) electrons. The van der Waals surface area contributed by atoms with Gasteiger partial charge in [0, 0.05) is 23.1 Å². The predicted molar refractivity (Wildman–Crippen MR) is 74.9 cm³/mol. The summed E-state index contributed by atoms with van der Waals surface area (Å²) in [6.45, 7) is 1.43. The lowest BCUT2D eigenvalue weighted by Crippen LogP contribution is -2.45. The Kier molecular flexibility index (Phi) is 3.54. The number of hydrogen-bond acceptors (Lipinski definition) is 5. The number of carboxylic acids is 1. The van der Waals surface area contributed by atoms with E-state index in [1.54, 1.807) is 36.4 Å². The van der Waals surface area contributed by atoms with Gasteiger partial charge in [-0.3, -0.25) is 9.59 Å². The third-order valence-electron chi connectivity index (χ3n) is 4.01. The average Bonchev–Trinajstić information content (AvgIpc) is 3.07. The molecular weight excluding hydrogens is 286 g/mol. The quantitative estimate of drug-likeness (QED) is 0.630. The number of rotatable bonds is 4. The molecule has 1 aromatic rings. The Labute approximate surface area is 126 Å². The van der Waals surface area contributed by atoms with Crippen LogP contribution >= 0.6 is 0 Å². The van der Waals surface area contributed by atoms with Crippen molar-refractivity contribution in [1.82, 2.24) is 0 Å². The van der Waals surface area contributed by atoms with Gasteiger partial charge < -0.3 is 20.0 Å². The van der Waals surface area contributed by atoms with E-state index < -0.39 is 35.9 Å². The molecular formula is C16H14NO5-. The summed E-state index contributed by atoms with van der Waals surface area (Å²) < 4.78 is 5.43. The van der Waals surface area contributed by atoms with Gasteiger partial charge >= 0.3 is 0 Å².